The van der Waals surface area contributed by atoms with Gasteiger partial charge in [-0.05, 0) is 55.4 Å². The van der Waals surface area contributed by atoms with Crippen molar-refractivity contribution in [3.63, 3.8) is 0 Å². The molecule has 0 spiro atoms. The molecular formula is C27H32N6O3. The van der Waals surface area contributed by atoms with Gasteiger partial charge in [0.25, 0.3) is 5.56 Å². The van der Waals surface area contributed by atoms with Gasteiger partial charge in [-0.2, -0.15) is 0 Å². The molecule has 36 heavy (non-hydrogen) atoms. The van der Waals surface area contributed by atoms with Crippen LogP contribution in [0.1, 0.15) is 38.3 Å². The highest BCUT2D eigenvalue weighted by atomic mass is 16.5. The monoisotopic (exact) mass is 488 g/mol. The van der Waals surface area contributed by atoms with Gasteiger partial charge in [0.15, 0.2) is 0 Å². The number of aromatic nitrogens is 3. The fraction of sp³-hybridized carbons (Fsp3) is 0.481. The standard InChI is InChI=1S/C27H32N6O3/c1-26(9-10-26)16-29-19-5-4-11-32(15-19)20-7-8-21(28-14-20)27(17-36-18-27)25(35)31-22-13-24(34)33-12-3-2-6-23(33)30-22/h2-3,6-8,12-14,19,29H,4-5,9-11,15-18H2,1H3,(H,31,35)/t19-/m1/s1. The number of hydrogen-bond donors (Lipinski definition) is 2. The SMILES string of the molecule is CC1(CN[C@@H]2CCCN(c3ccc(C4(C(=O)Nc5cc(=O)n6ccccc6n5)COC4)nc3)C2)CC1. The Bertz CT molecular complexity index is 1330. The molecule has 3 aliphatic rings. The zero-order valence-corrected chi connectivity index (χ0v) is 20.6. The number of pyridine rings is 2. The lowest BCUT2D eigenvalue weighted by Gasteiger charge is -2.39. The van der Waals surface area contributed by atoms with Crippen LogP contribution in [0.2, 0.25) is 0 Å². The van der Waals surface area contributed by atoms with Gasteiger partial charge < -0.3 is 20.3 Å². The molecule has 3 aromatic heterocycles. The molecule has 1 atom stereocenters. The lowest BCUT2D eigenvalue weighted by Crippen LogP contribution is -2.56. The van der Waals surface area contributed by atoms with E-state index >= 15 is 0 Å². The van der Waals surface area contributed by atoms with Gasteiger partial charge in [-0.3, -0.25) is 19.0 Å². The molecule has 2 N–H and O–H groups in total. The second kappa shape index (κ2) is 8.97. The fourth-order valence-electron chi connectivity index (χ4n) is 5.07. The Kier molecular flexibility index (Phi) is 5.76. The number of carbonyl (C=O) groups excluding carboxylic acids is 1. The summed E-state index contributed by atoms with van der Waals surface area (Å²) in [5.74, 6) is -0.0389. The first-order valence-electron chi connectivity index (χ1n) is 12.8. The first-order chi connectivity index (χ1) is 17.4. The molecule has 6 rings (SSSR count). The van der Waals surface area contributed by atoms with Gasteiger partial charge in [-0.25, -0.2) is 4.98 Å². The first-order valence-corrected chi connectivity index (χ1v) is 12.8. The highest BCUT2D eigenvalue weighted by molar-refractivity contribution is 5.99. The van der Waals surface area contributed by atoms with E-state index in [1.165, 1.54) is 29.7 Å². The number of ether oxygens (including phenoxy) is 1. The van der Waals surface area contributed by atoms with Crippen LogP contribution in [0, 0.1) is 5.41 Å². The average Bonchev–Trinajstić information content (AvgIpc) is 3.60. The zero-order chi connectivity index (χ0) is 24.8. The molecule has 188 valence electrons. The summed E-state index contributed by atoms with van der Waals surface area (Å²) < 4.78 is 6.90. The first kappa shape index (κ1) is 23.1. The molecule has 0 radical (unpaired) electrons. The summed E-state index contributed by atoms with van der Waals surface area (Å²) in [5.41, 5.74) is 1.57. The minimum atomic E-state index is -0.895. The van der Waals surface area contributed by atoms with Gasteiger partial charge >= 0.3 is 0 Å². The Morgan fingerprint density at radius 2 is 2.08 bits per heavy atom. The van der Waals surface area contributed by atoms with Gasteiger partial charge in [0, 0.05) is 37.9 Å². The Labute approximate surface area is 209 Å². The predicted molar refractivity (Wildman–Crippen MR) is 137 cm³/mol. The lowest BCUT2D eigenvalue weighted by molar-refractivity contribution is -0.140. The van der Waals surface area contributed by atoms with Crippen molar-refractivity contribution >= 4 is 23.1 Å². The third kappa shape index (κ3) is 4.37. The largest absolute Gasteiger partial charge is 0.378 e. The van der Waals surface area contributed by atoms with Crippen molar-refractivity contribution in [2.45, 2.75) is 44.1 Å². The van der Waals surface area contributed by atoms with E-state index in [9.17, 15) is 9.59 Å². The number of amides is 1. The van der Waals surface area contributed by atoms with E-state index < -0.39 is 5.41 Å². The summed E-state index contributed by atoms with van der Waals surface area (Å²) in [7, 11) is 0. The number of anilines is 2. The highest BCUT2D eigenvalue weighted by Gasteiger charge is 2.49. The third-order valence-corrected chi connectivity index (χ3v) is 7.89. The van der Waals surface area contributed by atoms with Gasteiger partial charge in [-0.1, -0.05) is 13.0 Å². The molecule has 2 saturated heterocycles. The van der Waals surface area contributed by atoms with Gasteiger partial charge in [0.1, 0.15) is 16.9 Å². The van der Waals surface area contributed by atoms with Crippen LogP contribution in [0.3, 0.4) is 0 Å². The number of hydrogen-bond acceptors (Lipinski definition) is 7. The zero-order valence-electron chi connectivity index (χ0n) is 20.6. The van der Waals surface area contributed by atoms with E-state index in [0.717, 1.165) is 31.7 Å². The van der Waals surface area contributed by atoms with Crippen LogP contribution in [0.15, 0.2) is 53.6 Å². The average molecular weight is 489 g/mol. The van der Waals surface area contributed by atoms with Crippen molar-refractivity contribution in [3.8, 4) is 0 Å². The summed E-state index contributed by atoms with van der Waals surface area (Å²) >= 11 is 0. The van der Waals surface area contributed by atoms with Crippen LogP contribution >= 0.6 is 0 Å². The molecule has 3 aromatic rings. The van der Waals surface area contributed by atoms with Gasteiger partial charge in [-0.15, -0.1) is 0 Å². The van der Waals surface area contributed by atoms with Crippen molar-refractivity contribution in [2.75, 3.05) is 43.1 Å². The van der Waals surface area contributed by atoms with E-state index in [0.29, 0.717) is 22.8 Å². The quantitative estimate of drug-likeness (QED) is 0.527. The smallest absolute Gasteiger partial charge is 0.259 e. The van der Waals surface area contributed by atoms with Crippen molar-refractivity contribution in [1.82, 2.24) is 19.7 Å². The molecule has 1 aliphatic carbocycles. The van der Waals surface area contributed by atoms with Crippen LogP contribution in [-0.4, -0.2) is 59.2 Å². The van der Waals surface area contributed by atoms with Crippen LogP contribution in [0.25, 0.3) is 5.65 Å². The third-order valence-electron chi connectivity index (χ3n) is 7.89. The maximum absolute atomic E-state index is 13.4. The van der Waals surface area contributed by atoms with E-state index in [1.807, 2.05) is 12.3 Å². The summed E-state index contributed by atoms with van der Waals surface area (Å²) in [4.78, 5) is 37.3. The van der Waals surface area contributed by atoms with Gasteiger partial charge in [0.05, 0.1) is 30.8 Å². The molecule has 2 aliphatic heterocycles. The number of fused-ring (bicyclic) bond motifs is 1. The maximum atomic E-state index is 13.4. The summed E-state index contributed by atoms with van der Waals surface area (Å²) in [5, 5.41) is 6.60. The normalized spacial score (nSPS) is 22.1. The number of rotatable bonds is 7. The second-order valence-corrected chi connectivity index (χ2v) is 10.8. The van der Waals surface area contributed by atoms with Crippen LogP contribution in [-0.2, 0) is 14.9 Å². The van der Waals surface area contributed by atoms with E-state index in [2.05, 4.69) is 33.5 Å². The van der Waals surface area contributed by atoms with Crippen LogP contribution in [0.5, 0.6) is 0 Å². The van der Waals surface area contributed by atoms with Crippen LogP contribution < -0.4 is 21.1 Å². The Balaban J connectivity index is 1.15. The van der Waals surface area contributed by atoms with E-state index in [4.69, 9.17) is 9.72 Å². The van der Waals surface area contributed by atoms with E-state index in [-0.39, 0.29) is 30.5 Å². The van der Waals surface area contributed by atoms with Crippen molar-refractivity contribution in [1.29, 1.82) is 0 Å². The molecule has 9 heteroatoms. The predicted octanol–water partition coefficient (Wildman–Crippen LogP) is 2.35. The summed E-state index contributed by atoms with van der Waals surface area (Å²) in [6.45, 7) is 5.91. The lowest BCUT2D eigenvalue weighted by atomic mass is 9.81. The van der Waals surface area contributed by atoms with E-state index in [1.54, 1.807) is 24.4 Å². The molecule has 9 nitrogen and oxygen atoms in total. The molecule has 0 unspecified atom stereocenters. The molecule has 0 bridgehead atoms. The number of piperidine rings is 1. The number of nitrogens with one attached hydrogen (secondary N) is 2. The Morgan fingerprint density at radius 3 is 2.81 bits per heavy atom. The highest BCUT2D eigenvalue weighted by Crippen LogP contribution is 2.44. The van der Waals surface area contributed by atoms with Crippen molar-refractivity contribution < 1.29 is 9.53 Å². The number of carbonyl (C=O) groups is 1. The minimum absolute atomic E-state index is 0.228. The Hall–Kier alpha value is -3.30. The van der Waals surface area contributed by atoms with Crippen molar-refractivity contribution in [3.05, 3.63) is 64.8 Å². The summed E-state index contributed by atoms with van der Waals surface area (Å²) in [6, 6.07) is 11.1. The van der Waals surface area contributed by atoms with Gasteiger partial charge in [0.2, 0.25) is 5.91 Å². The molecule has 0 aromatic carbocycles. The molecule has 3 fully saturated rings. The maximum Gasteiger partial charge on any atom is 0.259 e. The molecule has 1 amide bonds. The molecular weight excluding hydrogens is 456 g/mol. The fourth-order valence-corrected chi connectivity index (χ4v) is 5.07. The number of nitrogens with zero attached hydrogens (tertiary/aromatic N) is 4. The molecule has 5 heterocycles. The second-order valence-electron chi connectivity index (χ2n) is 10.8. The molecule has 1 saturated carbocycles. The van der Waals surface area contributed by atoms with Crippen molar-refractivity contribution in [2.24, 2.45) is 5.41 Å². The van der Waals surface area contributed by atoms with Crippen LogP contribution in [0.4, 0.5) is 11.5 Å². The summed E-state index contributed by atoms with van der Waals surface area (Å²) in [6.07, 6.45) is 8.52. The Morgan fingerprint density at radius 1 is 1.22 bits per heavy atom. The minimum Gasteiger partial charge on any atom is -0.378 e. The topological polar surface area (TPSA) is 101 Å².